The predicted molar refractivity (Wildman–Crippen MR) is 110 cm³/mol. The number of thioether (sulfide) groups is 1. The van der Waals surface area contributed by atoms with Gasteiger partial charge in [-0.15, -0.1) is 5.10 Å². The molecule has 0 N–H and O–H groups in total. The van der Waals surface area contributed by atoms with Crippen LogP contribution in [0.25, 0.3) is 0 Å². The Morgan fingerprint density at radius 2 is 1.91 bits per heavy atom. The Hall–Kier alpha value is 0.120. The monoisotopic (exact) mass is 410 g/mol. The molecule has 0 saturated carbocycles. The van der Waals surface area contributed by atoms with Crippen molar-refractivity contribution in [1.82, 2.24) is 0 Å². The molecule has 9 heteroatoms. The SMILES string of the molecule is CCOP(=S)(OCC)S/C(=N\N=C\c1ccccc1Cl)SCC. The average molecular weight is 411 g/mol. The molecule has 0 aliphatic carbocycles. The van der Waals surface area contributed by atoms with Gasteiger partial charge in [0.1, 0.15) is 0 Å². The van der Waals surface area contributed by atoms with Crippen molar-refractivity contribution >= 4 is 62.8 Å². The zero-order chi connectivity index (χ0) is 17.1. The first-order chi connectivity index (χ1) is 11.0. The highest BCUT2D eigenvalue weighted by Crippen LogP contribution is 2.62. The Labute approximate surface area is 156 Å². The largest absolute Gasteiger partial charge is 0.322 e. The maximum atomic E-state index is 6.09. The van der Waals surface area contributed by atoms with Crippen molar-refractivity contribution in [2.75, 3.05) is 19.0 Å². The van der Waals surface area contributed by atoms with Crippen LogP contribution < -0.4 is 0 Å². The summed E-state index contributed by atoms with van der Waals surface area (Å²) in [7, 11) is 0. The standard InChI is InChI=1S/C14H20ClN2O2PS3/c1-4-18-20(21,19-5-2)23-14(22-6-3)17-16-11-12-9-7-8-10-13(12)15/h7-11H,4-6H2,1-3H3/b16-11+,17-14-. The summed E-state index contributed by atoms with van der Waals surface area (Å²) in [6, 6.07) is 7.47. The summed E-state index contributed by atoms with van der Waals surface area (Å²) in [5, 5.41) is 9.01. The molecule has 1 aromatic carbocycles. The molecule has 0 spiro atoms. The molecule has 0 radical (unpaired) electrons. The van der Waals surface area contributed by atoms with Crippen LogP contribution in [0.2, 0.25) is 5.02 Å². The van der Waals surface area contributed by atoms with Gasteiger partial charge < -0.3 is 9.05 Å². The first kappa shape index (κ1) is 21.2. The van der Waals surface area contributed by atoms with E-state index in [4.69, 9.17) is 32.5 Å². The fourth-order valence-electron chi connectivity index (χ4n) is 1.42. The van der Waals surface area contributed by atoms with E-state index in [0.29, 0.717) is 18.2 Å². The third-order valence-electron chi connectivity index (χ3n) is 2.27. The number of nitrogens with zero attached hydrogens (tertiary/aromatic N) is 2. The van der Waals surface area contributed by atoms with Crippen LogP contribution in [-0.2, 0) is 20.9 Å². The number of halogens is 1. The molecule has 0 aliphatic heterocycles. The zero-order valence-corrected chi connectivity index (χ0v) is 17.4. The molecular formula is C14H20ClN2O2PS3. The molecule has 0 aromatic heterocycles. The number of rotatable bonds is 8. The molecule has 0 atom stereocenters. The van der Waals surface area contributed by atoms with Crippen molar-refractivity contribution < 1.29 is 9.05 Å². The van der Waals surface area contributed by atoms with Gasteiger partial charge in [-0.3, -0.25) is 0 Å². The number of hydrogen-bond donors (Lipinski definition) is 0. The second-order valence-electron chi connectivity index (χ2n) is 3.94. The molecule has 0 unspecified atom stereocenters. The van der Waals surface area contributed by atoms with Gasteiger partial charge in [0, 0.05) is 10.6 Å². The van der Waals surface area contributed by atoms with Crippen molar-refractivity contribution in [3.63, 3.8) is 0 Å². The highest BCUT2D eigenvalue weighted by Gasteiger charge is 2.22. The van der Waals surface area contributed by atoms with Crippen molar-refractivity contribution in [2.24, 2.45) is 10.2 Å². The van der Waals surface area contributed by atoms with Gasteiger partial charge in [-0.05, 0) is 48.9 Å². The van der Waals surface area contributed by atoms with E-state index < -0.39 is 5.69 Å². The minimum absolute atomic E-state index is 0.511. The van der Waals surface area contributed by atoms with Gasteiger partial charge in [0.15, 0.2) is 4.38 Å². The van der Waals surface area contributed by atoms with Crippen LogP contribution in [0.3, 0.4) is 0 Å². The van der Waals surface area contributed by atoms with E-state index in [9.17, 15) is 0 Å². The maximum absolute atomic E-state index is 6.09. The smallest absolute Gasteiger partial charge is 0.254 e. The van der Waals surface area contributed by atoms with E-state index in [1.54, 1.807) is 18.0 Å². The molecule has 0 saturated heterocycles. The van der Waals surface area contributed by atoms with E-state index in [1.807, 2.05) is 45.0 Å². The van der Waals surface area contributed by atoms with E-state index >= 15 is 0 Å². The Kier molecular flexibility index (Phi) is 10.7. The molecule has 0 heterocycles. The number of benzene rings is 1. The van der Waals surface area contributed by atoms with Gasteiger partial charge in [0.25, 0.3) is 5.69 Å². The summed E-state index contributed by atoms with van der Waals surface area (Å²) in [6.45, 7) is 6.87. The fourth-order valence-corrected chi connectivity index (χ4v) is 8.29. The van der Waals surface area contributed by atoms with Crippen LogP contribution in [0, 0.1) is 0 Å². The highest BCUT2D eigenvalue weighted by molar-refractivity contribution is 8.78. The van der Waals surface area contributed by atoms with Crippen LogP contribution in [0.15, 0.2) is 34.5 Å². The minimum atomic E-state index is -2.43. The molecular weight excluding hydrogens is 391 g/mol. The topological polar surface area (TPSA) is 43.2 Å². The zero-order valence-electron chi connectivity index (χ0n) is 13.3. The number of hydrogen-bond acceptors (Lipinski definition) is 7. The molecule has 0 amide bonds. The predicted octanol–water partition coefficient (Wildman–Crippen LogP) is 5.81. The lowest BCUT2D eigenvalue weighted by molar-refractivity contribution is 0.281. The fraction of sp³-hybridized carbons (Fsp3) is 0.429. The lowest BCUT2D eigenvalue weighted by atomic mass is 10.2. The first-order valence-corrected chi connectivity index (χ1v) is 12.5. The summed E-state index contributed by atoms with van der Waals surface area (Å²) in [5.41, 5.74) is -1.61. The lowest BCUT2D eigenvalue weighted by Gasteiger charge is -2.19. The molecule has 1 rings (SSSR count). The quantitative estimate of drug-likeness (QED) is 0.234. The maximum Gasteiger partial charge on any atom is 0.254 e. The van der Waals surface area contributed by atoms with E-state index in [-0.39, 0.29) is 0 Å². The highest BCUT2D eigenvalue weighted by atomic mass is 35.5. The molecule has 0 fully saturated rings. The summed E-state index contributed by atoms with van der Waals surface area (Å²) in [6.07, 6.45) is 1.63. The van der Waals surface area contributed by atoms with Crippen molar-refractivity contribution in [2.45, 2.75) is 20.8 Å². The molecule has 0 bridgehead atoms. The molecule has 128 valence electrons. The van der Waals surface area contributed by atoms with E-state index in [0.717, 1.165) is 15.7 Å². The second kappa shape index (κ2) is 11.6. The Bertz CT molecular complexity index is 589. The third kappa shape index (κ3) is 8.16. The van der Waals surface area contributed by atoms with Gasteiger partial charge in [-0.1, -0.05) is 48.5 Å². The second-order valence-corrected chi connectivity index (χ2v) is 12.0. The van der Waals surface area contributed by atoms with Gasteiger partial charge >= 0.3 is 0 Å². The summed E-state index contributed by atoms with van der Waals surface area (Å²) in [4.78, 5) is 0. The molecule has 23 heavy (non-hydrogen) atoms. The van der Waals surface area contributed by atoms with Crippen molar-refractivity contribution in [3.05, 3.63) is 34.9 Å². The van der Waals surface area contributed by atoms with E-state index in [1.165, 1.54) is 11.4 Å². The molecule has 4 nitrogen and oxygen atoms in total. The minimum Gasteiger partial charge on any atom is -0.322 e. The van der Waals surface area contributed by atoms with Gasteiger partial charge in [0.2, 0.25) is 0 Å². The van der Waals surface area contributed by atoms with Crippen LogP contribution in [0.4, 0.5) is 0 Å². The van der Waals surface area contributed by atoms with Gasteiger partial charge in [-0.25, -0.2) is 0 Å². The van der Waals surface area contributed by atoms with Crippen molar-refractivity contribution in [1.29, 1.82) is 0 Å². The summed E-state index contributed by atoms with van der Waals surface area (Å²) in [5.74, 6) is 0.862. The third-order valence-corrected chi connectivity index (χ3v) is 8.94. The summed E-state index contributed by atoms with van der Waals surface area (Å²) < 4.78 is 12.0. The Morgan fingerprint density at radius 3 is 2.48 bits per heavy atom. The van der Waals surface area contributed by atoms with Crippen LogP contribution in [-0.4, -0.2) is 29.6 Å². The molecule has 1 aromatic rings. The first-order valence-electron chi connectivity index (χ1n) is 7.11. The average Bonchev–Trinajstić information content (AvgIpc) is 2.49. The summed E-state index contributed by atoms with van der Waals surface area (Å²) >= 11 is 14.5. The van der Waals surface area contributed by atoms with E-state index in [2.05, 4.69) is 10.2 Å². The normalized spacial score (nSPS) is 13.0. The van der Waals surface area contributed by atoms with Crippen LogP contribution in [0.5, 0.6) is 0 Å². The van der Waals surface area contributed by atoms with Gasteiger partial charge in [0.05, 0.1) is 19.4 Å². The molecule has 0 aliphatic rings. The lowest BCUT2D eigenvalue weighted by Crippen LogP contribution is -1.95. The van der Waals surface area contributed by atoms with Crippen LogP contribution >= 0.6 is 40.4 Å². The Balaban J connectivity index is 2.88. The van der Waals surface area contributed by atoms with Crippen LogP contribution in [0.1, 0.15) is 26.3 Å². The Morgan fingerprint density at radius 1 is 1.26 bits per heavy atom. The van der Waals surface area contributed by atoms with Crippen molar-refractivity contribution in [3.8, 4) is 0 Å². The van der Waals surface area contributed by atoms with Gasteiger partial charge in [-0.2, -0.15) is 5.10 Å².